The first-order valence-electron chi connectivity index (χ1n) is 2.87. The molecule has 0 heterocycles. The fraction of sp³-hybridized carbons (Fsp3) is 0.143. The topological polar surface area (TPSA) is 29.5 Å². The molecule has 0 aliphatic heterocycles. The summed E-state index contributed by atoms with van der Waals surface area (Å²) < 4.78 is 17.2. The molecule has 0 bridgehead atoms. The summed E-state index contributed by atoms with van der Waals surface area (Å²) in [5.41, 5.74) is 0. The van der Waals surface area contributed by atoms with Gasteiger partial charge in [0.25, 0.3) is 0 Å². The monoisotopic (exact) mass is 176 g/mol. The maximum absolute atomic E-state index is 12.7. The smallest absolute Gasteiger partial charge is 0.198 e. The number of ether oxygens (including phenoxy) is 1. The molecule has 0 unspecified atom stereocenters. The molecular weight excluding hydrogens is 171 g/mol. The fourth-order valence-corrected chi connectivity index (χ4v) is 0.866. The van der Waals surface area contributed by atoms with E-state index in [-0.39, 0.29) is 16.5 Å². The van der Waals surface area contributed by atoms with E-state index >= 15 is 0 Å². The molecule has 2 nitrogen and oxygen atoms in total. The lowest BCUT2D eigenvalue weighted by molar-refractivity contribution is 0.351. The molecule has 0 aliphatic rings. The van der Waals surface area contributed by atoms with Gasteiger partial charge in [0.05, 0.1) is 12.1 Å². The number of aromatic hydroxyl groups is 1. The Hall–Kier alpha value is -0.960. The lowest BCUT2D eigenvalue weighted by Crippen LogP contribution is -1.88. The third-order valence-corrected chi connectivity index (χ3v) is 1.54. The Balaban J connectivity index is 3.29. The summed E-state index contributed by atoms with van der Waals surface area (Å²) in [4.78, 5) is 0. The Morgan fingerprint density at radius 1 is 1.55 bits per heavy atom. The summed E-state index contributed by atoms with van der Waals surface area (Å²) >= 11 is 5.47. The van der Waals surface area contributed by atoms with Gasteiger partial charge in [0.15, 0.2) is 17.3 Å². The summed E-state index contributed by atoms with van der Waals surface area (Å²) in [5.74, 6) is -1.22. The zero-order valence-corrected chi connectivity index (χ0v) is 6.52. The van der Waals surface area contributed by atoms with Gasteiger partial charge in [0.1, 0.15) is 0 Å². The van der Waals surface area contributed by atoms with Crippen LogP contribution in [0.2, 0.25) is 5.02 Å². The number of halogens is 2. The highest BCUT2D eigenvalue weighted by molar-refractivity contribution is 6.32. The normalized spacial score (nSPS) is 9.73. The number of hydrogen-bond acceptors (Lipinski definition) is 2. The van der Waals surface area contributed by atoms with Gasteiger partial charge in [0, 0.05) is 0 Å². The maximum Gasteiger partial charge on any atom is 0.198 e. The molecule has 1 aromatic carbocycles. The summed E-state index contributed by atoms with van der Waals surface area (Å²) in [5, 5.41) is 9.15. The van der Waals surface area contributed by atoms with Crippen LogP contribution < -0.4 is 4.74 Å². The van der Waals surface area contributed by atoms with Gasteiger partial charge < -0.3 is 9.84 Å². The summed E-state index contributed by atoms with van der Waals surface area (Å²) in [6, 6.07) is 2.38. The largest absolute Gasteiger partial charge is 0.503 e. The summed E-state index contributed by atoms with van der Waals surface area (Å²) in [6.45, 7) is 0. The number of hydrogen-bond donors (Lipinski definition) is 1. The van der Waals surface area contributed by atoms with E-state index in [1.165, 1.54) is 13.2 Å². The van der Waals surface area contributed by atoms with Crippen LogP contribution in [0.4, 0.5) is 4.39 Å². The second-order valence-electron chi connectivity index (χ2n) is 1.91. The van der Waals surface area contributed by atoms with Crippen LogP contribution in [0.15, 0.2) is 12.1 Å². The van der Waals surface area contributed by atoms with Crippen molar-refractivity contribution in [3.8, 4) is 11.5 Å². The van der Waals surface area contributed by atoms with E-state index < -0.39 is 5.82 Å². The fourth-order valence-electron chi connectivity index (χ4n) is 0.717. The van der Waals surface area contributed by atoms with Crippen LogP contribution in [-0.2, 0) is 0 Å². The molecule has 0 saturated heterocycles. The number of phenols is 1. The molecule has 1 rings (SSSR count). The van der Waals surface area contributed by atoms with Gasteiger partial charge in [-0.3, -0.25) is 0 Å². The number of rotatable bonds is 1. The van der Waals surface area contributed by atoms with Gasteiger partial charge >= 0.3 is 0 Å². The third-order valence-electron chi connectivity index (χ3n) is 1.24. The molecular formula is C7H6ClFO2. The highest BCUT2D eigenvalue weighted by Crippen LogP contribution is 2.35. The van der Waals surface area contributed by atoms with Gasteiger partial charge in [-0.15, -0.1) is 0 Å². The predicted octanol–water partition coefficient (Wildman–Crippen LogP) is 2.19. The van der Waals surface area contributed by atoms with E-state index in [2.05, 4.69) is 4.74 Å². The van der Waals surface area contributed by atoms with Crippen LogP contribution in [0.25, 0.3) is 0 Å². The van der Waals surface area contributed by atoms with Crippen LogP contribution in [-0.4, -0.2) is 12.2 Å². The maximum atomic E-state index is 12.7. The van der Waals surface area contributed by atoms with Crippen LogP contribution >= 0.6 is 11.6 Å². The quantitative estimate of drug-likeness (QED) is 0.711. The highest BCUT2D eigenvalue weighted by atomic mass is 35.5. The first-order chi connectivity index (χ1) is 5.16. The zero-order valence-electron chi connectivity index (χ0n) is 5.77. The summed E-state index contributed by atoms with van der Waals surface area (Å²) in [7, 11) is 1.26. The SMILES string of the molecule is COc1c(F)ccc(Cl)c1O. The molecule has 0 spiro atoms. The lowest BCUT2D eigenvalue weighted by atomic mass is 10.3. The van der Waals surface area contributed by atoms with E-state index in [1.807, 2.05) is 0 Å². The van der Waals surface area contributed by atoms with Gasteiger partial charge in [-0.2, -0.15) is 0 Å². The Morgan fingerprint density at radius 3 is 2.64 bits per heavy atom. The molecule has 1 aromatic rings. The van der Waals surface area contributed by atoms with Crippen molar-refractivity contribution in [2.75, 3.05) is 7.11 Å². The minimum atomic E-state index is -0.630. The average molecular weight is 177 g/mol. The van der Waals surface area contributed by atoms with Gasteiger partial charge in [0.2, 0.25) is 0 Å². The van der Waals surface area contributed by atoms with Crippen LogP contribution in [0.5, 0.6) is 11.5 Å². The summed E-state index contributed by atoms with van der Waals surface area (Å²) in [6.07, 6.45) is 0. The standard InChI is InChI=1S/C7H6ClFO2/c1-11-7-5(9)3-2-4(8)6(7)10/h2-3,10H,1H3. The van der Waals surface area contributed by atoms with Crippen molar-refractivity contribution in [1.29, 1.82) is 0 Å². The van der Waals surface area contributed by atoms with E-state index in [4.69, 9.17) is 16.7 Å². The van der Waals surface area contributed by atoms with Crippen molar-refractivity contribution >= 4 is 11.6 Å². The van der Waals surface area contributed by atoms with Crippen LogP contribution in [0.3, 0.4) is 0 Å². The van der Waals surface area contributed by atoms with Crippen molar-refractivity contribution in [3.05, 3.63) is 23.0 Å². The van der Waals surface area contributed by atoms with Gasteiger partial charge in [-0.05, 0) is 12.1 Å². The van der Waals surface area contributed by atoms with Crippen LogP contribution in [0, 0.1) is 5.82 Å². The lowest BCUT2D eigenvalue weighted by Gasteiger charge is -2.04. The Morgan fingerprint density at radius 2 is 2.18 bits per heavy atom. The Kier molecular flexibility index (Phi) is 2.19. The second-order valence-corrected chi connectivity index (χ2v) is 2.32. The van der Waals surface area contributed by atoms with Crippen molar-refractivity contribution in [2.24, 2.45) is 0 Å². The van der Waals surface area contributed by atoms with Crippen molar-refractivity contribution in [1.82, 2.24) is 0 Å². The third kappa shape index (κ3) is 1.38. The molecule has 0 atom stereocenters. The van der Waals surface area contributed by atoms with E-state index in [1.54, 1.807) is 0 Å². The Labute approximate surface area is 68.2 Å². The van der Waals surface area contributed by atoms with Gasteiger partial charge in [-0.1, -0.05) is 11.6 Å². The minimum Gasteiger partial charge on any atom is -0.503 e. The van der Waals surface area contributed by atoms with Crippen molar-refractivity contribution < 1.29 is 14.2 Å². The first kappa shape index (κ1) is 8.14. The molecule has 0 amide bonds. The van der Waals surface area contributed by atoms with E-state index in [0.29, 0.717) is 0 Å². The molecule has 1 N–H and O–H groups in total. The second kappa shape index (κ2) is 2.96. The molecule has 0 radical (unpaired) electrons. The molecule has 4 heteroatoms. The predicted molar refractivity (Wildman–Crippen MR) is 39.6 cm³/mol. The Bertz CT molecular complexity index is 275. The molecule has 0 saturated carbocycles. The average Bonchev–Trinajstić information content (AvgIpc) is 1.99. The van der Waals surface area contributed by atoms with Crippen LogP contribution in [0.1, 0.15) is 0 Å². The molecule has 0 aromatic heterocycles. The zero-order chi connectivity index (χ0) is 8.43. The molecule has 0 aliphatic carbocycles. The van der Waals surface area contributed by atoms with E-state index in [0.717, 1.165) is 6.07 Å². The number of benzene rings is 1. The van der Waals surface area contributed by atoms with Crippen molar-refractivity contribution in [2.45, 2.75) is 0 Å². The van der Waals surface area contributed by atoms with Crippen molar-refractivity contribution in [3.63, 3.8) is 0 Å². The molecule has 60 valence electrons. The minimum absolute atomic E-state index is 0.0725. The molecule has 0 fully saturated rings. The number of phenolic OH excluding ortho intramolecular Hbond substituents is 1. The van der Waals surface area contributed by atoms with Gasteiger partial charge in [-0.25, -0.2) is 4.39 Å². The highest BCUT2D eigenvalue weighted by Gasteiger charge is 2.10. The van der Waals surface area contributed by atoms with E-state index in [9.17, 15) is 4.39 Å². The number of methoxy groups -OCH3 is 1. The first-order valence-corrected chi connectivity index (χ1v) is 3.25. The molecule has 11 heavy (non-hydrogen) atoms.